The molecule has 0 radical (unpaired) electrons. The lowest BCUT2D eigenvalue weighted by Gasteiger charge is -2.49. The lowest BCUT2D eigenvalue weighted by atomic mass is 9.94. The fraction of sp³-hybridized carbons (Fsp3) is 0.550. The number of hydrogen-bond acceptors (Lipinski definition) is 2. The number of nitrogens with zero attached hydrogens (tertiary/aromatic N) is 1. The molecular formula is C20H28INO2. The van der Waals surface area contributed by atoms with E-state index in [2.05, 4.69) is 27.5 Å². The van der Waals surface area contributed by atoms with E-state index in [1.54, 1.807) is 0 Å². The molecule has 3 nitrogen and oxygen atoms in total. The number of carbonyl (C=O) groups is 1. The lowest BCUT2D eigenvalue weighted by molar-refractivity contribution is -0.968. The second-order valence-corrected chi connectivity index (χ2v) is 7.54. The highest BCUT2D eigenvalue weighted by atomic mass is 127. The van der Waals surface area contributed by atoms with Gasteiger partial charge in [-0.05, 0) is 19.4 Å². The summed E-state index contributed by atoms with van der Waals surface area (Å²) in [5, 5.41) is 0. The Morgan fingerprint density at radius 1 is 1.17 bits per heavy atom. The maximum absolute atomic E-state index is 12.4. The Balaban J connectivity index is 0.00000208. The third-order valence-electron chi connectivity index (χ3n) is 6.23. The first kappa shape index (κ1) is 19.4. The molecule has 0 amide bonds. The first-order chi connectivity index (χ1) is 10.9. The van der Waals surface area contributed by atoms with Crippen LogP contribution in [-0.2, 0) is 9.53 Å². The van der Waals surface area contributed by atoms with Crippen molar-refractivity contribution in [2.45, 2.75) is 63.8 Å². The van der Waals surface area contributed by atoms with Crippen LogP contribution in [0.4, 0.5) is 0 Å². The summed E-state index contributed by atoms with van der Waals surface area (Å²) in [4.78, 5) is 12.4. The normalized spacial score (nSPS) is 31.4. The quantitative estimate of drug-likeness (QED) is 0.299. The van der Waals surface area contributed by atoms with Gasteiger partial charge in [0, 0.05) is 25.7 Å². The van der Waals surface area contributed by atoms with Gasteiger partial charge in [0.2, 0.25) is 0 Å². The Bertz CT molecular complexity index is 585. The smallest absolute Gasteiger partial charge is 0.338 e. The van der Waals surface area contributed by atoms with Crippen LogP contribution in [-0.4, -0.2) is 41.7 Å². The zero-order valence-corrected chi connectivity index (χ0v) is 17.0. The van der Waals surface area contributed by atoms with Crippen LogP contribution >= 0.6 is 0 Å². The molecular weight excluding hydrogens is 413 g/mol. The number of esters is 1. The highest BCUT2D eigenvalue weighted by Gasteiger charge is 2.53. The topological polar surface area (TPSA) is 26.3 Å². The van der Waals surface area contributed by atoms with Crippen molar-refractivity contribution >= 4 is 11.5 Å². The standard InChI is InChI=1S/C20H28NO2.HI/c1-14(2)21(4)17-10-11-18(21)13-19(12-17)23-20(22)15(3)16-8-6-5-7-9-16;/h5-9,14,17-19H,3,10-13H2,1-2,4H3;1H/q+1;/p-1. The number of piperidine rings is 1. The summed E-state index contributed by atoms with van der Waals surface area (Å²) in [5.41, 5.74) is 1.31. The zero-order chi connectivity index (χ0) is 16.6. The lowest BCUT2D eigenvalue weighted by Crippen LogP contribution is -3.00. The number of benzene rings is 1. The molecule has 0 aromatic heterocycles. The summed E-state index contributed by atoms with van der Waals surface area (Å²) < 4.78 is 6.96. The van der Waals surface area contributed by atoms with Crippen LogP contribution in [0.5, 0.6) is 0 Å². The monoisotopic (exact) mass is 441 g/mol. The van der Waals surface area contributed by atoms with Crippen molar-refractivity contribution < 1.29 is 38.0 Å². The predicted octanol–water partition coefficient (Wildman–Crippen LogP) is 0.795. The third-order valence-corrected chi connectivity index (χ3v) is 6.23. The molecule has 0 N–H and O–H groups in total. The third kappa shape index (κ3) is 3.40. The van der Waals surface area contributed by atoms with Gasteiger partial charge < -0.3 is 33.2 Å². The fourth-order valence-corrected chi connectivity index (χ4v) is 4.55. The van der Waals surface area contributed by atoms with Crippen molar-refractivity contribution in [3.8, 4) is 0 Å². The number of rotatable bonds is 4. The number of carbonyl (C=O) groups excluding carboxylic acids is 1. The van der Waals surface area contributed by atoms with E-state index in [4.69, 9.17) is 4.74 Å². The molecule has 4 heteroatoms. The molecule has 2 aliphatic heterocycles. The van der Waals surface area contributed by atoms with Crippen LogP contribution in [0.2, 0.25) is 0 Å². The van der Waals surface area contributed by atoms with E-state index in [-0.39, 0.29) is 36.0 Å². The van der Waals surface area contributed by atoms with Crippen molar-refractivity contribution in [3.05, 3.63) is 42.5 Å². The average Bonchev–Trinajstić information content (AvgIpc) is 2.73. The van der Waals surface area contributed by atoms with Crippen LogP contribution in [0.15, 0.2) is 36.9 Å². The molecule has 3 rings (SSSR count). The molecule has 2 bridgehead atoms. The van der Waals surface area contributed by atoms with Crippen LogP contribution in [0, 0.1) is 0 Å². The van der Waals surface area contributed by atoms with E-state index in [1.807, 2.05) is 30.3 Å². The van der Waals surface area contributed by atoms with E-state index in [9.17, 15) is 4.79 Å². The SMILES string of the molecule is C=C(C(=O)OC1CC2CCC(C1)[N+]2(C)C(C)C)c1ccccc1.[I-]. The molecule has 2 fully saturated rings. The number of hydrogen-bond donors (Lipinski definition) is 0. The maximum Gasteiger partial charge on any atom is 0.338 e. The van der Waals surface area contributed by atoms with Gasteiger partial charge in [-0.3, -0.25) is 0 Å². The van der Waals surface area contributed by atoms with Crippen molar-refractivity contribution in [2.24, 2.45) is 0 Å². The minimum absolute atomic E-state index is 0. The molecule has 0 saturated carbocycles. The molecule has 2 atom stereocenters. The van der Waals surface area contributed by atoms with E-state index in [0.29, 0.717) is 23.7 Å². The molecule has 0 spiro atoms. The number of fused-ring (bicyclic) bond motifs is 2. The van der Waals surface area contributed by atoms with E-state index in [0.717, 1.165) is 22.9 Å². The van der Waals surface area contributed by atoms with Gasteiger partial charge in [-0.15, -0.1) is 0 Å². The fourth-order valence-electron chi connectivity index (χ4n) is 4.55. The number of halogens is 1. The van der Waals surface area contributed by atoms with Gasteiger partial charge in [-0.25, -0.2) is 4.79 Å². The molecule has 2 saturated heterocycles. The Morgan fingerprint density at radius 2 is 1.71 bits per heavy atom. The Kier molecular flexibility index (Phi) is 6.13. The second kappa shape index (κ2) is 7.56. The second-order valence-electron chi connectivity index (χ2n) is 7.54. The highest BCUT2D eigenvalue weighted by Crippen LogP contribution is 2.44. The largest absolute Gasteiger partial charge is 1.00 e. The molecule has 2 aliphatic rings. The summed E-state index contributed by atoms with van der Waals surface area (Å²) in [7, 11) is 2.38. The number of quaternary nitrogens is 1. The van der Waals surface area contributed by atoms with Crippen molar-refractivity contribution in [1.29, 1.82) is 0 Å². The first-order valence-electron chi connectivity index (χ1n) is 8.73. The first-order valence-corrected chi connectivity index (χ1v) is 8.73. The van der Waals surface area contributed by atoms with Crippen LogP contribution < -0.4 is 24.0 Å². The van der Waals surface area contributed by atoms with Crippen molar-refractivity contribution in [1.82, 2.24) is 0 Å². The van der Waals surface area contributed by atoms with Crippen LogP contribution in [0.1, 0.15) is 45.1 Å². The molecule has 1 aromatic carbocycles. The molecule has 132 valence electrons. The van der Waals surface area contributed by atoms with E-state index in [1.165, 1.54) is 12.8 Å². The summed E-state index contributed by atoms with van der Waals surface area (Å²) in [6.45, 7) is 8.55. The van der Waals surface area contributed by atoms with Gasteiger partial charge in [0.1, 0.15) is 6.10 Å². The van der Waals surface area contributed by atoms with Gasteiger partial charge in [-0.1, -0.05) is 36.9 Å². The Morgan fingerprint density at radius 3 is 2.21 bits per heavy atom. The number of ether oxygens (including phenoxy) is 1. The zero-order valence-electron chi connectivity index (χ0n) is 14.9. The van der Waals surface area contributed by atoms with Crippen LogP contribution in [0.25, 0.3) is 5.57 Å². The summed E-state index contributed by atoms with van der Waals surface area (Å²) in [5.74, 6) is -0.263. The van der Waals surface area contributed by atoms with Crippen molar-refractivity contribution in [2.75, 3.05) is 7.05 Å². The highest BCUT2D eigenvalue weighted by molar-refractivity contribution is 6.15. The minimum Gasteiger partial charge on any atom is -1.00 e. The molecule has 1 aromatic rings. The van der Waals surface area contributed by atoms with Gasteiger partial charge in [0.05, 0.1) is 30.7 Å². The summed E-state index contributed by atoms with van der Waals surface area (Å²) in [6, 6.07) is 11.4. The van der Waals surface area contributed by atoms with Gasteiger partial charge >= 0.3 is 5.97 Å². The average molecular weight is 441 g/mol. The Labute approximate surface area is 162 Å². The van der Waals surface area contributed by atoms with Crippen LogP contribution in [0.3, 0.4) is 0 Å². The summed E-state index contributed by atoms with van der Waals surface area (Å²) >= 11 is 0. The molecule has 2 heterocycles. The maximum atomic E-state index is 12.4. The minimum atomic E-state index is -0.263. The van der Waals surface area contributed by atoms with Gasteiger partial charge in [0.25, 0.3) is 0 Å². The molecule has 24 heavy (non-hydrogen) atoms. The Hall–Kier alpha value is -0.880. The predicted molar refractivity (Wildman–Crippen MR) is 92.7 cm³/mol. The van der Waals surface area contributed by atoms with E-state index < -0.39 is 0 Å². The van der Waals surface area contributed by atoms with E-state index >= 15 is 0 Å². The molecule has 2 unspecified atom stereocenters. The molecule has 0 aliphatic carbocycles. The van der Waals surface area contributed by atoms with Crippen molar-refractivity contribution in [3.63, 3.8) is 0 Å². The van der Waals surface area contributed by atoms with Gasteiger partial charge in [-0.2, -0.15) is 0 Å². The van der Waals surface area contributed by atoms with Gasteiger partial charge in [0.15, 0.2) is 0 Å². The summed E-state index contributed by atoms with van der Waals surface area (Å²) in [6.07, 6.45) is 4.53.